The van der Waals surface area contributed by atoms with Gasteiger partial charge < -0.3 is 10.5 Å². The van der Waals surface area contributed by atoms with Gasteiger partial charge in [0.15, 0.2) is 5.78 Å². The van der Waals surface area contributed by atoms with Gasteiger partial charge in [-0.15, -0.1) is 0 Å². The molecule has 5 rings (SSSR count). The molecule has 3 saturated heterocycles. The van der Waals surface area contributed by atoms with Crippen molar-refractivity contribution >= 4 is 28.5 Å². The first-order valence-electron chi connectivity index (χ1n) is 9.62. The molecule has 2 N–H and O–H groups in total. The molecule has 5 nitrogen and oxygen atoms in total. The van der Waals surface area contributed by atoms with E-state index in [4.69, 9.17) is 10.5 Å². The number of nitrogen functional groups attached to an aromatic ring is 1. The molecule has 2 aromatic rings. The fourth-order valence-corrected chi connectivity index (χ4v) is 4.99. The highest BCUT2D eigenvalue weighted by molar-refractivity contribution is 8.13. The zero-order chi connectivity index (χ0) is 19.7. The van der Waals surface area contributed by atoms with Gasteiger partial charge in [-0.05, 0) is 68.2 Å². The number of nitrogens with two attached hydrogens (primary N) is 1. The first kappa shape index (κ1) is 19.0. The quantitative estimate of drug-likeness (QED) is 0.356. The molecule has 3 heterocycles. The second-order valence-electron chi connectivity index (χ2n) is 7.47. The van der Waals surface area contributed by atoms with Crippen molar-refractivity contribution in [3.63, 3.8) is 0 Å². The lowest BCUT2D eigenvalue weighted by Gasteiger charge is -2.43. The smallest absolute Gasteiger partial charge is 0.372 e. The molecular formula is C22H24N2O3S. The van der Waals surface area contributed by atoms with Crippen molar-refractivity contribution in [3.05, 3.63) is 48.0 Å². The van der Waals surface area contributed by atoms with Crippen molar-refractivity contribution in [2.75, 3.05) is 25.4 Å². The molecule has 3 aliphatic rings. The van der Waals surface area contributed by atoms with E-state index in [9.17, 15) is 9.59 Å². The largest absolute Gasteiger partial charge is 0.452 e. The van der Waals surface area contributed by atoms with Crippen LogP contribution in [0.5, 0.6) is 0 Å². The van der Waals surface area contributed by atoms with Crippen LogP contribution in [-0.2, 0) is 4.74 Å². The number of carbonyl (C=O) groups excluding carboxylic acids is 2. The van der Waals surface area contributed by atoms with Gasteiger partial charge >= 0.3 is 5.30 Å². The molecule has 0 saturated carbocycles. The zero-order valence-corrected chi connectivity index (χ0v) is 16.7. The van der Waals surface area contributed by atoms with Gasteiger partial charge in [-0.2, -0.15) is 0 Å². The third-order valence-electron chi connectivity index (χ3n) is 5.67. The van der Waals surface area contributed by atoms with E-state index in [1.54, 1.807) is 18.2 Å². The normalized spacial score (nSPS) is 23.4. The van der Waals surface area contributed by atoms with E-state index in [0.29, 0.717) is 22.7 Å². The summed E-state index contributed by atoms with van der Waals surface area (Å²) in [6.45, 7) is 4.57. The maximum absolute atomic E-state index is 12.7. The van der Waals surface area contributed by atoms with Crippen molar-refractivity contribution in [1.29, 1.82) is 0 Å². The monoisotopic (exact) mass is 396 g/mol. The van der Waals surface area contributed by atoms with Crippen LogP contribution in [0.15, 0.2) is 47.4 Å². The summed E-state index contributed by atoms with van der Waals surface area (Å²) in [6, 6.07) is 12.8. The average molecular weight is 397 g/mol. The molecule has 0 unspecified atom stereocenters. The Balaban J connectivity index is 1.57. The van der Waals surface area contributed by atoms with E-state index in [2.05, 4.69) is 4.90 Å². The van der Waals surface area contributed by atoms with Crippen molar-refractivity contribution in [2.45, 2.75) is 30.8 Å². The SMILES string of the molecule is CC(=O)c1cccc(N)c1-c1ccccc1SC(=O)O[C@H]1CN2CCC1CC2. The number of carbonyl (C=O) groups is 2. The minimum atomic E-state index is -0.301. The van der Waals surface area contributed by atoms with Crippen LogP contribution in [0.4, 0.5) is 10.5 Å². The van der Waals surface area contributed by atoms with Gasteiger partial charge in [0.1, 0.15) is 6.10 Å². The molecule has 6 heteroatoms. The first-order valence-corrected chi connectivity index (χ1v) is 10.4. The summed E-state index contributed by atoms with van der Waals surface area (Å²) in [5.41, 5.74) is 8.73. The summed E-state index contributed by atoms with van der Waals surface area (Å²) in [5, 5.41) is -0.301. The van der Waals surface area contributed by atoms with Crippen molar-refractivity contribution < 1.29 is 14.3 Å². The van der Waals surface area contributed by atoms with E-state index in [1.807, 2.05) is 24.3 Å². The minimum absolute atomic E-state index is 0.0239. The molecule has 0 aromatic heterocycles. The number of ketones is 1. The van der Waals surface area contributed by atoms with Crippen LogP contribution in [0, 0.1) is 5.92 Å². The molecule has 2 bridgehead atoms. The Bertz CT molecular complexity index is 906. The van der Waals surface area contributed by atoms with E-state index in [1.165, 1.54) is 6.92 Å². The first-order chi connectivity index (χ1) is 13.5. The number of anilines is 1. The zero-order valence-electron chi connectivity index (χ0n) is 15.9. The highest BCUT2D eigenvalue weighted by atomic mass is 32.2. The van der Waals surface area contributed by atoms with Gasteiger partial charge in [0.05, 0.1) is 0 Å². The van der Waals surface area contributed by atoms with Crippen molar-refractivity contribution in [2.24, 2.45) is 5.92 Å². The lowest BCUT2D eigenvalue weighted by molar-refractivity contribution is -0.0250. The second kappa shape index (κ2) is 7.97. The number of ether oxygens (including phenoxy) is 1. The highest BCUT2D eigenvalue weighted by Gasteiger charge is 2.36. The lowest BCUT2D eigenvalue weighted by Crippen LogP contribution is -2.51. The minimum Gasteiger partial charge on any atom is -0.452 e. The van der Waals surface area contributed by atoms with Crippen LogP contribution in [0.3, 0.4) is 0 Å². The van der Waals surface area contributed by atoms with Gasteiger partial charge in [0, 0.05) is 28.3 Å². The van der Waals surface area contributed by atoms with Gasteiger partial charge in [-0.25, -0.2) is 4.79 Å². The number of rotatable bonds is 4. The standard InChI is InChI=1S/C22H24N2O3S/c1-14(25)16-6-4-7-18(23)21(16)17-5-2-3-8-20(17)28-22(26)27-19-13-24-11-9-15(19)10-12-24/h2-8,15,19H,9-13,23H2,1H3/t19-/m0/s1. The van der Waals surface area contributed by atoms with Crippen molar-refractivity contribution in [1.82, 2.24) is 4.90 Å². The van der Waals surface area contributed by atoms with Crippen LogP contribution >= 0.6 is 11.8 Å². The third kappa shape index (κ3) is 3.80. The van der Waals surface area contributed by atoms with Crippen LogP contribution in [0.1, 0.15) is 30.1 Å². The van der Waals surface area contributed by atoms with Crippen LogP contribution in [-0.4, -0.2) is 41.7 Å². The molecule has 0 radical (unpaired) electrons. The number of nitrogens with zero attached hydrogens (tertiary/aromatic N) is 1. The number of fused-ring (bicyclic) bond motifs is 3. The Labute approximate surface area is 169 Å². The third-order valence-corrected chi connectivity index (χ3v) is 6.51. The van der Waals surface area contributed by atoms with Crippen molar-refractivity contribution in [3.8, 4) is 11.1 Å². The van der Waals surface area contributed by atoms with Crippen LogP contribution in [0.2, 0.25) is 0 Å². The van der Waals surface area contributed by atoms with Gasteiger partial charge in [-0.1, -0.05) is 30.3 Å². The van der Waals surface area contributed by atoms with Gasteiger partial charge in [-0.3, -0.25) is 9.69 Å². The number of hydrogen-bond donors (Lipinski definition) is 1. The molecule has 28 heavy (non-hydrogen) atoms. The fourth-order valence-electron chi connectivity index (χ4n) is 4.21. The summed E-state index contributed by atoms with van der Waals surface area (Å²) in [4.78, 5) is 27.9. The highest BCUT2D eigenvalue weighted by Crippen LogP contribution is 2.38. The molecule has 3 aliphatic heterocycles. The molecule has 1 atom stereocenters. The molecule has 0 spiro atoms. The number of thioether (sulfide) groups is 1. The number of Topliss-reactive ketones (excluding diaryl/α,β-unsaturated/α-hetero) is 1. The predicted octanol–water partition coefficient (Wildman–Crippen LogP) is 4.46. The maximum atomic E-state index is 12.7. The lowest BCUT2D eigenvalue weighted by atomic mass is 9.86. The Morgan fingerprint density at radius 3 is 2.54 bits per heavy atom. The van der Waals surface area contributed by atoms with Gasteiger partial charge in [0.25, 0.3) is 0 Å². The molecule has 2 aromatic carbocycles. The summed E-state index contributed by atoms with van der Waals surface area (Å²) in [7, 11) is 0. The molecule has 0 amide bonds. The number of benzene rings is 2. The number of hydrogen-bond acceptors (Lipinski definition) is 6. The summed E-state index contributed by atoms with van der Waals surface area (Å²) >= 11 is 1.07. The van der Waals surface area contributed by atoms with Crippen LogP contribution < -0.4 is 5.73 Å². The fraction of sp³-hybridized carbons (Fsp3) is 0.364. The molecule has 3 fully saturated rings. The second-order valence-corrected chi connectivity index (χ2v) is 8.45. The summed E-state index contributed by atoms with van der Waals surface area (Å²) in [5.74, 6) is 0.413. The van der Waals surface area contributed by atoms with E-state index >= 15 is 0 Å². The maximum Gasteiger partial charge on any atom is 0.372 e. The van der Waals surface area contributed by atoms with E-state index in [0.717, 1.165) is 54.7 Å². The Hall–Kier alpha value is -2.31. The van der Waals surface area contributed by atoms with E-state index < -0.39 is 0 Å². The topological polar surface area (TPSA) is 72.6 Å². The Kier molecular flexibility index (Phi) is 5.42. The predicted molar refractivity (Wildman–Crippen MR) is 112 cm³/mol. The Morgan fingerprint density at radius 2 is 1.86 bits per heavy atom. The average Bonchev–Trinajstić information content (AvgIpc) is 2.69. The molecule has 146 valence electrons. The summed E-state index contributed by atoms with van der Waals surface area (Å²) < 4.78 is 5.81. The molecule has 0 aliphatic carbocycles. The van der Waals surface area contributed by atoms with Gasteiger partial charge in [0.2, 0.25) is 0 Å². The van der Waals surface area contributed by atoms with Crippen LogP contribution in [0.25, 0.3) is 11.1 Å². The van der Waals surface area contributed by atoms with E-state index in [-0.39, 0.29) is 17.2 Å². The number of piperidine rings is 3. The summed E-state index contributed by atoms with van der Waals surface area (Å²) in [6.07, 6.45) is 2.17. The molecular weight excluding hydrogens is 372 g/mol. The Morgan fingerprint density at radius 1 is 1.11 bits per heavy atom.